The number of benzene rings is 1. The van der Waals surface area contributed by atoms with E-state index in [9.17, 15) is 12.8 Å². The molecule has 0 spiro atoms. The number of primary sulfonamides is 1. The van der Waals surface area contributed by atoms with Crippen molar-refractivity contribution in [1.29, 1.82) is 0 Å². The summed E-state index contributed by atoms with van der Waals surface area (Å²) in [6.45, 7) is 0.443. The first kappa shape index (κ1) is 14.4. The molecular weight excluding hydrogens is 285 g/mol. The number of hydrogen-bond donors (Lipinski definition) is 2. The van der Waals surface area contributed by atoms with Crippen molar-refractivity contribution in [2.24, 2.45) is 12.2 Å². The summed E-state index contributed by atoms with van der Waals surface area (Å²) in [5.74, 6) is 0.0913. The third kappa shape index (κ3) is 3.31. The number of halogens is 1. The van der Waals surface area contributed by atoms with Gasteiger partial charge in [-0.2, -0.15) is 0 Å². The van der Waals surface area contributed by atoms with Crippen molar-refractivity contribution in [2.45, 2.75) is 11.3 Å². The lowest BCUT2D eigenvalue weighted by molar-refractivity contribution is 0.593. The van der Waals surface area contributed by atoms with E-state index in [1.165, 1.54) is 12.1 Å². The van der Waals surface area contributed by atoms with Crippen LogP contribution in [0, 0.1) is 5.82 Å². The first-order chi connectivity index (χ1) is 9.38. The molecule has 2 aromatic rings. The Morgan fingerprint density at radius 1 is 1.45 bits per heavy atom. The molecule has 1 aromatic carbocycles. The molecule has 7 nitrogen and oxygen atoms in total. The van der Waals surface area contributed by atoms with Crippen molar-refractivity contribution in [1.82, 2.24) is 14.8 Å². The van der Waals surface area contributed by atoms with Crippen molar-refractivity contribution in [3.63, 3.8) is 0 Å². The predicted octanol–water partition coefficient (Wildman–Crippen LogP) is 0.256. The van der Waals surface area contributed by atoms with E-state index in [0.717, 1.165) is 11.9 Å². The Hall–Kier alpha value is -2.00. The Labute approximate surface area is 115 Å². The molecule has 0 saturated carbocycles. The normalized spacial score (nSPS) is 11.6. The van der Waals surface area contributed by atoms with E-state index in [-0.39, 0.29) is 10.6 Å². The molecule has 0 fully saturated rings. The maximum absolute atomic E-state index is 13.7. The highest BCUT2D eigenvalue weighted by Crippen LogP contribution is 2.18. The first-order valence-electron chi connectivity index (χ1n) is 5.77. The minimum absolute atomic E-state index is 0.208. The number of rotatable bonds is 5. The number of nitrogens with two attached hydrogens (primary N) is 1. The average molecular weight is 299 g/mol. The van der Waals surface area contributed by atoms with Crippen LogP contribution in [0.25, 0.3) is 0 Å². The van der Waals surface area contributed by atoms with Gasteiger partial charge in [0.1, 0.15) is 18.0 Å². The maximum atomic E-state index is 13.7. The second kappa shape index (κ2) is 5.55. The highest BCUT2D eigenvalue weighted by Gasteiger charge is 2.11. The van der Waals surface area contributed by atoms with E-state index in [0.29, 0.717) is 13.0 Å². The fraction of sp³-hybridized carbons (Fsp3) is 0.273. The summed E-state index contributed by atoms with van der Waals surface area (Å²) in [6, 6.07) is 3.48. The SMILES string of the molecule is Cn1cnnc1CCNc1ccc(S(N)(=O)=O)cc1F. The third-order valence-corrected chi connectivity index (χ3v) is 3.65. The van der Waals surface area contributed by atoms with Gasteiger partial charge in [0.15, 0.2) is 0 Å². The number of hydrogen-bond acceptors (Lipinski definition) is 5. The molecule has 20 heavy (non-hydrogen) atoms. The lowest BCUT2D eigenvalue weighted by atomic mass is 10.3. The van der Waals surface area contributed by atoms with Crippen LogP contribution in [0.5, 0.6) is 0 Å². The third-order valence-electron chi connectivity index (χ3n) is 2.74. The van der Waals surface area contributed by atoms with Crippen LogP contribution in [-0.4, -0.2) is 29.7 Å². The van der Waals surface area contributed by atoms with Crippen LogP contribution >= 0.6 is 0 Å². The average Bonchev–Trinajstić information content (AvgIpc) is 2.76. The van der Waals surface area contributed by atoms with Gasteiger partial charge in [-0.3, -0.25) is 0 Å². The molecule has 0 radical (unpaired) electrons. The molecule has 0 aliphatic carbocycles. The van der Waals surface area contributed by atoms with Gasteiger partial charge in [-0.1, -0.05) is 0 Å². The molecule has 0 aliphatic rings. The zero-order valence-corrected chi connectivity index (χ0v) is 11.6. The van der Waals surface area contributed by atoms with Gasteiger partial charge in [0.25, 0.3) is 0 Å². The molecule has 0 unspecified atom stereocenters. The summed E-state index contributed by atoms with van der Waals surface area (Å²) in [7, 11) is -2.08. The number of nitrogens with zero attached hydrogens (tertiary/aromatic N) is 3. The smallest absolute Gasteiger partial charge is 0.238 e. The highest BCUT2D eigenvalue weighted by atomic mass is 32.2. The number of aryl methyl sites for hydroxylation is 1. The van der Waals surface area contributed by atoms with Crippen molar-refractivity contribution in [3.05, 3.63) is 36.2 Å². The van der Waals surface area contributed by atoms with E-state index < -0.39 is 15.8 Å². The van der Waals surface area contributed by atoms with Gasteiger partial charge < -0.3 is 9.88 Å². The maximum Gasteiger partial charge on any atom is 0.238 e. The van der Waals surface area contributed by atoms with Gasteiger partial charge in [0.05, 0.1) is 10.6 Å². The van der Waals surface area contributed by atoms with Crippen LogP contribution in [0.1, 0.15) is 5.82 Å². The minimum Gasteiger partial charge on any atom is -0.382 e. The topological polar surface area (TPSA) is 103 Å². The summed E-state index contributed by atoms with van der Waals surface area (Å²) in [6.07, 6.45) is 2.14. The standard InChI is InChI=1S/C11H14FN5O2S/c1-17-7-15-16-11(17)4-5-14-10-3-2-8(6-9(10)12)20(13,18)19/h2-3,6-7,14H,4-5H2,1H3,(H2,13,18,19). The highest BCUT2D eigenvalue weighted by molar-refractivity contribution is 7.89. The minimum atomic E-state index is -3.89. The molecular formula is C11H14FN5O2S. The van der Waals surface area contributed by atoms with Crippen LogP contribution in [0.2, 0.25) is 0 Å². The molecule has 0 atom stereocenters. The lowest BCUT2D eigenvalue weighted by Crippen LogP contribution is -2.13. The summed E-state index contributed by atoms with van der Waals surface area (Å²) in [4.78, 5) is -0.256. The second-order valence-electron chi connectivity index (χ2n) is 4.22. The zero-order chi connectivity index (χ0) is 14.8. The Morgan fingerprint density at radius 2 is 2.20 bits per heavy atom. The number of sulfonamides is 1. The van der Waals surface area contributed by atoms with E-state index in [2.05, 4.69) is 15.5 Å². The van der Waals surface area contributed by atoms with Crippen LogP contribution in [0.15, 0.2) is 29.4 Å². The van der Waals surface area contributed by atoms with Crippen molar-refractivity contribution in [3.8, 4) is 0 Å². The lowest BCUT2D eigenvalue weighted by Gasteiger charge is -2.08. The van der Waals surface area contributed by atoms with Crippen LogP contribution in [0.4, 0.5) is 10.1 Å². The number of nitrogens with one attached hydrogen (secondary N) is 1. The molecule has 0 aliphatic heterocycles. The predicted molar refractivity (Wildman–Crippen MR) is 71.0 cm³/mol. The molecule has 9 heteroatoms. The Kier molecular flexibility index (Phi) is 4.00. The Morgan fingerprint density at radius 3 is 2.75 bits per heavy atom. The molecule has 0 saturated heterocycles. The second-order valence-corrected chi connectivity index (χ2v) is 5.78. The van der Waals surface area contributed by atoms with E-state index >= 15 is 0 Å². The van der Waals surface area contributed by atoms with Gasteiger partial charge in [0, 0.05) is 20.0 Å². The van der Waals surface area contributed by atoms with Crippen molar-refractivity contribution < 1.29 is 12.8 Å². The van der Waals surface area contributed by atoms with Gasteiger partial charge in [0.2, 0.25) is 10.0 Å². The zero-order valence-electron chi connectivity index (χ0n) is 10.7. The summed E-state index contributed by atoms with van der Waals surface area (Å²) in [5.41, 5.74) is 0.208. The first-order valence-corrected chi connectivity index (χ1v) is 7.31. The van der Waals surface area contributed by atoms with Crippen LogP contribution in [0.3, 0.4) is 0 Å². The largest absolute Gasteiger partial charge is 0.382 e. The molecule has 2 rings (SSSR count). The van der Waals surface area contributed by atoms with Gasteiger partial charge in [-0.05, 0) is 18.2 Å². The molecule has 0 bridgehead atoms. The van der Waals surface area contributed by atoms with Crippen LogP contribution in [-0.2, 0) is 23.5 Å². The fourth-order valence-electron chi connectivity index (χ4n) is 1.66. The summed E-state index contributed by atoms with van der Waals surface area (Å²) in [5, 5.41) is 15.4. The van der Waals surface area contributed by atoms with E-state index in [4.69, 9.17) is 5.14 Å². The van der Waals surface area contributed by atoms with Gasteiger partial charge >= 0.3 is 0 Å². The van der Waals surface area contributed by atoms with Gasteiger partial charge in [-0.25, -0.2) is 17.9 Å². The molecule has 3 N–H and O–H groups in total. The fourth-order valence-corrected chi connectivity index (χ4v) is 2.18. The Balaban J connectivity index is 2.02. The van der Waals surface area contributed by atoms with E-state index in [1.807, 2.05) is 7.05 Å². The monoisotopic (exact) mass is 299 g/mol. The molecule has 1 aromatic heterocycles. The van der Waals surface area contributed by atoms with Gasteiger partial charge in [-0.15, -0.1) is 10.2 Å². The number of aromatic nitrogens is 3. The summed E-state index contributed by atoms with van der Waals surface area (Å²) < 4.78 is 37.6. The van der Waals surface area contributed by atoms with Crippen molar-refractivity contribution >= 4 is 15.7 Å². The molecule has 0 amide bonds. The Bertz CT molecular complexity index is 713. The summed E-state index contributed by atoms with van der Waals surface area (Å²) >= 11 is 0. The quantitative estimate of drug-likeness (QED) is 0.824. The molecule has 108 valence electrons. The van der Waals surface area contributed by atoms with Crippen molar-refractivity contribution in [2.75, 3.05) is 11.9 Å². The van der Waals surface area contributed by atoms with E-state index in [1.54, 1.807) is 10.9 Å². The number of anilines is 1. The molecule has 1 heterocycles. The van der Waals surface area contributed by atoms with Crippen LogP contribution < -0.4 is 10.5 Å².